The van der Waals surface area contributed by atoms with E-state index in [1.54, 1.807) is 0 Å². The van der Waals surface area contributed by atoms with Crippen molar-refractivity contribution >= 4 is 34.5 Å². The number of benzene rings is 6. The molecule has 6 aromatic rings. The monoisotopic (exact) mass is 560 g/mol. The van der Waals surface area contributed by atoms with Gasteiger partial charge in [-0.15, -0.1) is 0 Å². The van der Waals surface area contributed by atoms with Gasteiger partial charge in [-0.05, 0) is 124 Å². The molecule has 0 bridgehead atoms. The quantitative estimate of drug-likeness (QED) is 0.206. The second-order valence-corrected chi connectivity index (χ2v) is 13.0. The summed E-state index contributed by atoms with van der Waals surface area (Å²) in [5.41, 5.74) is 12.3. The van der Waals surface area contributed by atoms with Crippen LogP contribution in [0.5, 0.6) is 0 Å². The summed E-state index contributed by atoms with van der Waals surface area (Å²) in [5, 5.41) is 15.8. The molecule has 1 N–H and O–H groups in total. The van der Waals surface area contributed by atoms with E-state index in [4.69, 9.17) is 4.65 Å². The van der Waals surface area contributed by atoms with Crippen molar-refractivity contribution in [3.8, 4) is 44.5 Å². The normalized spacial score (nSPS) is 12.6. The molecular formula is C40H37BO2. The third-order valence-corrected chi connectivity index (χ3v) is 9.78. The lowest BCUT2D eigenvalue weighted by Crippen LogP contribution is -2.49. The van der Waals surface area contributed by atoms with Crippen LogP contribution in [0.1, 0.15) is 38.8 Å². The molecule has 1 aliphatic rings. The summed E-state index contributed by atoms with van der Waals surface area (Å²) in [6, 6.07) is 37.7. The van der Waals surface area contributed by atoms with Gasteiger partial charge in [0, 0.05) is 0 Å². The van der Waals surface area contributed by atoms with E-state index in [9.17, 15) is 5.11 Å². The number of hydrogen-bond acceptors (Lipinski definition) is 2. The first-order chi connectivity index (χ1) is 20.6. The third kappa shape index (κ3) is 4.25. The Morgan fingerprint density at radius 1 is 0.512 bits per heavy atom. The number of rotatable bonds is 6. The van der Waals surface area contributed by atoms with Gasteiger partial charge in [-0.2, -0.15) is 0 Å². The highest BCUT2D eigenvalue weighted by Crippen LogP contribution is 2.57. The highest BCUT2D eigenvalue weighted by molar-refractivity contribution is 6.52. The van der Waals surface area contributed by atoms with Crippen LogP contribution in [-0.4, -0.2) is 23.8 Å². The zero-order chi connectivity index (χ0) is 30.1. The fraction of sp³-hybridized carbons (Fsp3) is 0.200. The van der Waals surface area contributed by atoms with Gasteiger partial charge in [0.05, 0.1) is 11.2 Å². The largest absolute Gasteiger partial charge is 0.427 e. The van der Waals surface area contributed by atoms with Crippen molar-refractivity contribution in [2.45, 2.75) is 52.7 Å². The van der Waals surface area contributed by atoms with Gasteiger partial charge in [0.15, 0.2) is 0 Å². The topological polar surface area (TPSA) is 29.5 Å². The molecule has 0 amide bonds. The number of aryl methyl sites for hydroxylation is 2. The Bertz CT molecular complexity index is 1960. The Kier molecular flexibility index (Phi) is 6.39. The maximum absolute atomic E-state index is 10.7. The van der Waals surface area contributed by atoms with E-state index >= 15 is 0 Å². The number of fused-ring (bicyclic) bond motifs is 4. The average Bonchev–Trinajstić information content (AvgIpc) is 3.31. The minimum absolute atomic E-state index is 0.421. The van der Waals surface area contributed by atoms with E-state index in [1.165, 1.54) is 77.2 Å². The molecule has 43 heavy (non-hydrogen) atoms. The first-order valence-corrected chi connectivity index (χ1v) is 15.2. The molecule has 0 atom stereocenters. The smallest absolute Gasteiger partial charge is 0.310 e. The van der Waals surface area contributed by atoms with Gasteiger partial charge >= 0.3 is 7.48 Å². The lowest BCUT2D eigenvalue weighted by molar-refractivity contribution is -0.0893. The van der Waals surface area contributed by atoms with Crippen molar-refractivity contribution < 1.29 is 9.76 Å². The van der Waals surface area contributed by atoms with Crippen molar-refractivity contribution in [3.63, 3.8) is 0 Å². The van der Waals surface area contributed by atoms with Crippen LogP contribution in [-0.2, 0) is 4.65 Å². The lowest BCUT2D eigenvalue weighted by Gasteiger charge is -2.37. The van der Waals surface area contributed by atoms with Gasteiger partial charge in [0.1, 0.15) is 0 Å². The van der Waals surface area contributed by atoms with Gasteiger partial charge in [-0.1, -0.05) is 103 Å². The van der Waals surface area contributed by atoms with Crippen LogP contribution in [0.4, 0.5) is 0 Å². The summed E-state index contributed by atoms with van der Waals surface area (Å²) in [7, 11) is 0.421. The van der Waals surface area contributed by atoms with Crippen LogP contribution < -0.4 is 5.46 Å². The Hall–Kier alpha value is -4.18. The SMILES string of the molecule is Cc1ccccc1-c1c2c(c(-c3ccccc3C)c3ccccc13)-c1ccc(BOC(C)(C)C(C)(C)O)c3cccc-2c13. The molecular weight excluding hydrogens is 523 g/mol. The minimum atomic E-state index is -0.969. The maximum atomic E-state index is 10.7. The fourth-order valence-electron chi connectivity index (χ4n) is 6.69. The molecule has 0 radical (unpaired) electrons. The summed E-state index contributed by atoms with van der Waals surface area (Å²) in [6.07, 6.45) is 0. The van der Waals surface area contributed by atoms with E-state index in [1.807, 2.05) is 27.7 Å². The summed E-state index contributed by atoms with van der Waals surface area (Å²) in [4.78, 5) is 0. The van der Waals surface area contributed by atoms with Crippen molar-refractivity contribution in [3.05, 3.63) is 114 Å². The molecule has 1 aliphatic carbocycles. The van der Waals surface area contributed by atoms with Crippen LogP contribution in [0.15, 0.2) is 103 Å². The maximum Gasteiger partial charge on any atom is 0.310 e. The molecule has 7 rings (SSSR count). The van der Waals surface area contributed by atoms with Crippen molar-refractivity contribution in [1.82, 2.24) is 0 Å². The Labute approximate surface area is 255 Å². The summed E-state index contributed by atoms with van der Waals surface area (Å²) < 4.78 is 6.40. The average molecular weight is 561 g/mol. The molecule has 6 aromatic carbocycles. The molecule has 0 unspecified atom stereocenters. The van der Waals surface area contributed by atoms with Gasteiger partial charge < -0.3 is 9.76 Å². The highest BCUT2D eigenvalue weighted by atomic mass is 16.5. The lowest BCUT2D eigenvalue weighted by atomic mass is 9.79. The van der Waals surface area contributed by atoms with Crippen molar-refractivity contribution in [2.75, 3.05) is 0 Å². The van der Waals surface area contributed by atoms with Gasteiger partial charge in [0.2, 0.25) is 0 Å². The van der Waals surface area contributed by atoms with E-state index in [2.05, 4.69) is 117 Å². The Morgan fingerprint density at radius 2 is 0.977 bits per heavy atom. The zero-order valence-corrected chi connectivity index (χ0v) is 25.9. The fourth-order valence-corrected chi connectivity index (χ4v) is 6.69. The second kappa shape index (κ2) is 9.94. The molecule has 0 saturated heterocycles. The van der Waals surface area contributed by atoms with Crippen molar-refractivity contribution in [1.29, 1.82) is 0 Å². The molecule has 0 fully saturated rings. The summed E-state index contributed by atoms with van der Waals surface area (Å²) >= 11 is 0. The standard InChI is InChI=1S/C40H37BO2/c1-24-14-7-9-16-26(24)35-28-18-11-12-19-29(28)36(27-17-10-8-15-25(27)2)38-32-22-23-33(41-43-40(5,6)39(3,4)42)30-20-13-21-31(34(30)32)37(35)38/h7-23,41-42H,1-6H3. The van der Waals surface area contributed by atoms with E-state index in [-0.39, 0.29) is 0 Å². The van der Waals surface area contributed by atoms with Gasteiger partial charge in [-0.3, -0.25) is 0 Å². The molecule has 0 heterocycles. The Balaban J connectivity index is 1.59. The first kappa shape index (κ1) is 27.6. The van der Waals surface area contributed by atoms with Gasteiger partial charge in [-0.25, -0.2) is 0 Å². The van der Waals surface area contributed by atoms with Crippen LogP contribution in [0.2, 0.25) is 0 Å². The van der Waals surface area contributed by atoms with Crippen LogP contribution in [0.3, 0.4) is 0 Å². The predicted octanol–water partition coefficient (Wildman–Crippen LogP) is 9.13. The highest BCUT2D eigenvalue weighted by Gasteiger charge is 2.36. The molecule has 212 valence electrons. The van der Waals surface area contributed by atoms with Gasteiger partial charge in [0.25, 0.3) is 0 Å². The Morgan fingerprint density at radius 3 is 1.51 bits per heavy atom. The number of hydrogen-bond donors (Lipinski definition) is 1. The first-order valence-electron chi connectivity index (χ1n) is 15.2. The van der Waals surface area contributed by atoms with Crippen LogP contribution in [0.25, 0.3) is 66.1 Å². The predicted molar refractivity (Wildman–Crippen MR) is 184 cm³/mol. The van der Waals surface area contributed by atoms with Crippen LogP contribution in [0, 0.1) is 13.8 Å². The van der Waals surface area contributed by atoms with E-state index < -0.39 is 11.2 Å². The second-order valence-electron chi connectivity index (χ2n) is 13.0. The zero-order valence-electron chi connectivity index (χ0n) is 25.9. The van der Waals surface area contributed by atoms with Crippen molar-refractivity contribution in [2.24, 2.45) is 0 Å². The molecule has 0 aromatic heterocycles. The van der Waals surface area contributed by atoms with E-state index in [0.29, 0.717) is 7.48 Å². The van der Waals surface area contributed by atoms with Crippen LogP contribution >= 0.6 is 0 Å². The molecule has 0 saturated carbocycles. The summed E-state index contributed by atoms with van der Waals surface area (Å²) in [6.45, 7) is 12.0. The molecule has 0 spiro atoms. The number of aliphatic hydroxyl groups is 1. The third-order valence-electron chi connectivity index (χ3n) is 9.78. The van der Waals surface area contributed by atoms with E-state index in [0.717, 1.165) is 5.46 Å². The summed E-state index contributed by atoms with van der Waals surface area (Å²) in [5.74, 6) is 0. The molecule has 3 heteroatoms. The molecule has 2 nitrogen and oxygen atoms in total. The minimum Gasteiger partial charge on any atom is -0.427 e. The molecule has 0 aliphatic heterocycles.